The number of piperidine rings is 1. The van der Waals surface area contributed by atoms with E-state index < -0.39 is 0 Å². The number of pyridine rings is 3. The van der Waals surface area contributed by atoms with Crippen LogP contribution in [0.4, 0.5) is 5.69 Å². The van der Waals surface area contributed by atoms with Gasteiger partial charge in [-0.15, -0.1) is 0 Å². The summed E-state index contributed by atoms with van der Waals surface area (Å²) in [6.07, 6.45) is 13.7. The molecule has 194 valence electrons. The van der Waals surface area contributed by atoms with E-state index in [1.54, 1.807) is 6.20 Å². The van der Waals surface area contributed by atoms with E-state index in [1.807, 2.05) is 24.7 Å². The van der Waals surface area contributed by atoms with E-state index in [0.717, 1.165) is 70.0 Å². The van der Waals surface area contributed by atoms with Crippen LogP contribution in [0.2, 0.25) is 0 Å². The number of likely N-dealkylation sites (tertiary alicyclic amines) is 1. The van der Waals surface area contributed by atoms with Gasteiger partial charge in [0.25, 0.3) is 0 Å². The van der Waals surface area contributed by atoms with Crippen molar-refractivity contribution < 1.29 is 4.74 Å². The maximum atomic E-state index is 6.02. The first-order chi connectivity index (χ1) is 18.8. The van der Waals surface area contributed by atoms with Crippen LogP contribution >= 0.6 is 0 Å². The van der Waals surface area contributed by atoms with Gasteiger partial charge in [-0.05, 0) is 69.5 Å². The standard InChI is InChI=1S/C29H32N8O/c1-2-10-37(11-3-1)27-6-7-31-29-23(27)16-25(33-29)28-22-15-24(32-19-26(22)34-35-28)20-14-21(18-30-17-20)38-13-12-36-8-4-5-9-36/h6-7,14-19H,1-5,8-13H2,(H,31,33)(H,34,35). The number of anilines is 1. The third-order valence-electron chi connectivity index (χ3n) is 7.79. The second-order valence-electron chi connectivity index (χ2n) is 10.3. The highest BCUT2D eigenvalue weighted by molar-refractivity contribution is 5.99. The molecule has 2 fully saturated rings. The van der Waals surface area contributed by atoms with Crippen molar-refractivity contribution in [3.05, 3.63) is 49.1 Å². The van der Waals surface area contributed by atoms with Crippen LogP contribution < -0.4 is 9.64 Å². The normalized spacial score (nSPS) is 16.6. The summed E-state index contributed by atoms with van der Waals surface area (Å²) in [4.78, 5) is 22.1. The zero-order valence-corrected chi connectivity index (χ0v) is 21.5. The number of hydrogen-bond donors (Lipinski definition) is 2. The van der Waals surface area contributed by atoms with Crippen molar-refractivity contribution in [2.75, 3.05) is 44.2 Å². The Morgan fingerprint density at radius 3 is 2.63 bits per heavy atom. The summed E-state index contributed by atoms with van der Waals surface area (Å²) in [5.41, 5.74) is 6.57. The quantitative estimate of drug-likeness (QED) is 0.318. The molecule has 5 aromatic heterocycles. The maximum Gasteiger partial charge on any atom is 0.139 e. The van der Waals surface area contributed by atoms with Crippen LogP contribution in [0.1, 0.15) is 32.1 Å². The Balaban J connectivity index is 1.18. The van der Waals surface area contributed by atoms with Crippen molar-refractivity contribution in [1.29, 1.82) is 0 Å². The predicted molar refractivity (Wildman–Crippen MR) is 149 cm³/mol. The summed E-state index contributed by atoms with van der Waals surface area (Å²) in [5.74, 6) is 0.767. The molecule has 0 radical (unpaired) electrons. The van der Waals surface area contributed by atoms with Crippen molar-refractivity contribution in [2.45, 2.75) is 32.1 Å². The smallest absolute Gasteiger partial charge is 0.139 e. The first-order valence-corrected chi connectivity index (χ1v) is 13.7. The van der Waals surface area contributed by atoms with Crippen molar-refractivity contribution in [1.82, 2.24) is 35.0 Å². The highest BCUT2D eigenvalue weighted by atomic mass is 16.5. The minimum Gasteiger partial charge on any atom is -0.491 e. The summed E-state index contributed by atoms with van der Waals surface area (Å²) in [5, 5.41) is 9.93. The fourth-order valence-electron chi connectivity index (χ4n) is 5.77. The van der Waals surface area contributed by atoms with Gasteiger partial charge in [0.1, 0.15) is 23.7 Å². The fourth-order valence-corrected chi connectivity index (χ4v) is 5.77. The van der Waals surface area contributed by atoms with Crippen molar-refractivity contribution in [3.8, 4) is 28.4 Å². The Labute approximate surface area is 221 Å². The second kappa shape index (κ2) is 10.1. The van der Waals surface area contributed by atoms with Gasteiger partial charge in [0.05, 0.1) is 29.3 Å². The first kappa shape index (κ1) is 23.2. The summed E-state index contributed by atoms with van der Waals surface area (Å²) >= 11 is 0. The van der Waals surface area contributed by atoms with E-state index in [9.17, 15) is 0 Å². The molecule has 0 unspecified atom stereocenters. The molecule has 38 heavy (non-hydrogen) atoms. The number of nitrogens with zero attached hydrogens (tertiary/aromatic N) is 6. The zero-order valence-electron chi connectivity index (χ0n) is 21.5. The molecule has 2 saturated heterocycles. The molecule has 2 N–H and O–H groups in total. The number of ether oxygens (including phenoxy) is 1. The van der Waals surface area contributed by atoms with Crippen LogP contribution in [0, 0.1) is 0 Å². The van der Waals surface area contributed by atoms with Crippen molar-refractivity contribution in [2.24, 2.45) is 0 Å². The van der Waals surface area contributed by atoms with Gasteiger partial charge in [-0.1, -0.05) is 0 Å². The number of nitrogens with one attached hydrogen (secondary N) is 2. The molecule has 2 aliphatic rings. The van der Waals surface area contributed by atoms with Crippen LogP contribution in [-0.4, -0.2) is 74.4 Å². The number of H-pyrrole nitrogens is 2. The molecule has 0 saturated carbocycles. The molecule has 0 spiro atoms. The van der Waals surface area contributed by atoms with Crippen LogP contribution in [-0.2, 0) is 0 Å². The van der Waals surface area contributed by atoms with E-state index in [0.29, 0.717) is 6.61 Å². The lowest BCUT2D eigenvalue weighted by Gasteiger charge is -2.29. The Bertz CT molecular complexity index is 1560. The SMILES string of the molecule is c1cc(N2CCCCC2)c2cc(-c3n[nH]c4cnc(-c5cncc(OCCN6CCCC6)c5)cc34)[nH]c2n1. The monoisotopic (exact) mass is 508 g/mol. The average Bonchev–Trinajstić information content (AvgIpc) is 3.73. The topological polar surface area (TPSA) is 98.9 Å². The number of aromatic amines is 2. The van der Waals surface area contributed by atoms with E-state index in [1.165, 1.54) is 50.9 Å². The lowest BCUT2D eigenvalue weighted by atomic mass is 10.1. The number of rotatable bonds is 7. The third-order valence-corrected chi connectivity index (χ3v) is 7.79. The van der Waals surface area contributed by atoms with E-state index >= 15 is 0 Å². The summed E-state index contributed by atoms with van der Waals surface area (Å²) in [6.45, 7) is 6.14. The van der Waals surface area contributed by atoms with E-state index in [-0.39, 0.29) is 0 Å². The molecule has 2 aliphatic heterocycles. The molecular formula is C29H32N8O. The zero-order chi connectivity index (χ0) is 25.3. The van der Waals surface area contributed by atoms with Gasteiger partial charge in [0.2, 0.25) is 0 Å². The number of fused-ring (bicyclic) bond motifs is 2. The molecule has 7 rings (SSSR count). The van der Waals surface area contributed by atoms with Crippen molar-refractivity contribution in [3.63, 3.8) is 0 Å². The van der Waals surface area contributed by atoms with Crippen LogP contribution in [0.5, 0.6) is 5.75 Å². The Hall–Kier alpha value is -3.98. The number of hydrogen-bond acceptors (Lipinski definition) is 7. The van der Waals surface area contributed by atoms with Gasteiger partial charge < -0.3 is 14.6 Å². The maximum absolute atomic E-state index is 6.02. The summed E-state index contributed by atoms with van der Waals surface area (Å²) in [6, 6.07) is 8.40. The molecule has 5 aromatic rings. The highest BCUT2D eigenvalue weighted by Gasteiger charge is 2.18. The van der Waals surface area contributed by atoms with E-state index in [2.05, 4.69) is 58.1 Å². The summed E-state index contributed by atoms with van der Waals surface area (Å²) < 4.78 is 6.02. The molecule has 0 amide bonds. The number of aromatic nitrogens is 6. The van der Waals surface area contributed by atoms with Gasteiger partial charge >= 0.3 is 0 Å². The van der Waals surface area contributed by atoms with Gasteiger partial charge in [-0.2, -0.15) is 5.10 Å². The Morgan fingerprint density at radius 2 is 1.74 bits per heavy atom. The first-order valence-electron chi connectivity index (χ1n) is 13.7. The van der Waals surface area contributed by atoms with Gasteiger partial charge in [-0.3, -0.25) is 20.0 Å². The third kappa shape index (κ3) is 4.47. The van der Waals surface area contributed by atoms with Crippen molar-refractivity contribution >= 4 is 27.6 Å². The molecule has 0 atom stereocenters. The fraction of sp³-hybridized carbons (Fsp3) is 0.379. The highest BCUT2D eigenvalue weighted by Crippen LogP contribution is 2.34. The average molecular weight is 509 g/mol. The molecule has 0 aliphatic carbocycles. The lowest BCUT2D eigenvalue weighted by molar-refractivity contribution is 0.237. The molecule has 7 heterocycles. The van der Waals surface area contributed by atoms with Crippen LogP contribution in [0.25, 0.3) is 44.6 Å². The largest absolute Gasteiger partial charge is 0.491 e. The minimum absolute atomic E-state index is 0.664. The summed E-state index contributed by atoms with van der Waals surface area (Å²) in [7, 11) is 0. The Kier molecular flexibility index (Phi) is 6.13. The molecule has 0 bridgehead atoms. The lowest BCUT2D eigenvalue weighted by Crippen LogP contribution is -2.29. The second-order valence-corrected chi connectivity index (χ2v) is 10.3. The van der Waals surface area contributed by atoms with E-state index in [4.69, 9.17) is 4.74 Å². The van der Waals surface area contributed by atoms with Gasteiger partial charge in [0.15, 0.2) is 0 Å². The van der Waals surface area contributed by atoms with Gasteiger partial charge in [-0.25, -0.2) is 4.98 Å². The minimum atomic E-state index is 0.664. The molecular weight excluding hydrogens is 476 g/mol. The molecule has 0 aromatic carbocycles. The Morgan fingerprint density at radius 1 is 0.868 bits per heavy atom. The predicted octanol–water partition coefficient (Wildman–Crippen LogP) is 5.03. The van der Waals surface area contributed by atoms with Crippen LogP contribution in [0.15, 0.2) is 49.1 Å². The van der Waals surface area contributed by atoms with Gasteiger partial charge in [0, 0.05) is 54.1 Å². The van der Waals surface area contributed by atoms with Crippen LogP contribution in [0.3, 0.4) is 0 Å². The molecule has 9 heteroatoms. The molecule has 9 nitrogen and oxygen atoms in total.